The molecule has 2 rings (SSSR count). The molecule has 1 amide bonds. The molecule has 0 unspecified atom stereocenters. The van der Waals surface area contributed by atoms with Gasteiger partial charge in [-0.1, -0.05) is 31.4 Å². The Labute approximate surface area is 119 Å². The van der Waals surface area contributed by atoms with E-state index in [4.69, 9.17) is 11.6 Å². The van der Waals surface area contributed by atoms with Crippen molar-refractivity contribution in [1.82, 2.24) is 5.32 Å². The van der Waals surface area contributed by atoms with E-state index in [9.17, 15) is 9.90 Å². The van der Waals surface area contributed by atoms with Gasteiger partial charge in [-0.05, 0) is 30.5 Å². The van der Waals surface area contributed by atoms with Crippen molar-refractivity contribution in [3.63, 3.8) is 0 Å². The quantitative estimate of drug-likeness (QED) is 0.834. The van der Waals surface area contributed by atoms with Crippen LogP contribution < -0.4 is 5.32 Å². The molecule has 0 heterocycles. The topological polar surface area (TPSA) is 49.3 Å². The molecular formula is C15H20ClNO2. The van der Waals surface area contributed by atoms with Gasteiger partial charge in [-0.25, -0.2) is 0 Å². The van der Waals surface area contributed by atoms with Crippen LogP contribution in [0, 0.1) is 0 Å². The summed E-state index contributed by atoms with van der Waals surface area (Å²) < 4.78 is 0. The zero-order valence-corrected chi connectivity index (χ0v) is 11.7. The van der Waals surface area contributed by atoms with E-state index in [-0.39, 0.29) is 12.5 Å². The highest BCUT2D eigenvalue weighted by atomic mass is 35.5. The molecule has 1 aliphatic carbocycles. The summed E-state index contributed by atoms with van der Waals surface area (Å²) in [5.74, 6) is 0.333. The second-order valence-corrected chi connectivity index (χ2v) is 5.55. The lowest BCUT2D eigenvalue weighted by molar-refractivity contribution is 0.0758. The maximum atomic E-state index is 12.2. The second kappa shape index (κ2) is 6.40. The van der Waals surface area contributed by atoms with Crippen molar-refractivity contribution in [2.75, 3.05) is 6.61 Å². The number of aliphatic hydroxyl groups excluding tert-OH is 1. The fraction of sp³-hybridized carbons (Fsp3) is 0.533. The Balaban J connectivity index is 2.06. The van der Waals surface area contributed by atoms with Gasteiger partial charge in [0.25, 0.3) is 5.91 Å². The summed E-state index contributed by atoms with van der Waals surface area (Å²) in [5, 5.41) is 12.6. The van der Waals surface area contributed by atoms with E-state index in [1.165, 1.54) is 6.42 Å². The van der Waals surface area contributed by atoms with Crippen LogP contribution in [0.4, 0.5) is 0 Å². The van der Waals surface area contributed by atoms with Gasteiger partial charge in [-0.15, -0.1) is 11.6 Å². The van der Waals surface area contributed by atoms with E-state index in [0.717, 1.165) is 31.2 Å². The lowest BCUT2D eigenvalue weighted by Crippen LogP contribution is -2.52. The van der Waals surface area contributed by atoms with Crippen LogP contribution in [0.5, 0.6) is 0 Å². The molecule has 1 aliphatic rings. The first kappa shape index (κ1) is 14.4. The molecule has 1 saturated carbocycles. The largest absolute Gasteiger partial charge is 0.394 e. The SMILES string of the molecule is O=C(NC1(CO)CCCCC1)c1ccc(CCl)cc1. The van der Waals surface area contributed by atoms with Gasteiger partial charge in [0.05, 0.1) is 12.1 Å². The third-order valence-corrected chi connectivity index (χ3v) is 4.17. The van der Waals surface area contributed by atoms with Gasteiger partial charge in [0.15, 0.2) is 0 Å². The molecule has 2 N–H and O–H groups in total. The highest BCUT2D eigenvalue weighted by Crippen LogP contribution is 2.28. The number of aliphatic hydroxyl groups is 1. The Morgan fingerprint density at radius 3 is 2.37 bits per heavy atom. The number of halogens is 1. The summed E-state index contributed by atoms with van der Waals surface area (Å²) in [5.41, 5.74) is 1.18. The minimum Gasteiger partial charge on any atom is -0.394 e. The van der Waals surface area contributed by atoms with Crippen LogP contribution in [0.3, 0.4) is 0 Å². The van der Waals surface area contributed by atoms with Crippen LogP contribution in [0.1, 0.15) is 48.0 Å². The first-order chi connectivity index (χ1) is 9.19. The van der Waals surface area contributed by atoms with Crippen LogP contribution in [0.15, 0.2) is 24.3 Å². The van der Waals surface area contributed by atoms with Gasteiger partial charge in [-0.3, -0.25) is 4.79 Å². The molecule has 0 bridgehead atoms. The second-order valence-electron chi connectivity index (χ2n) is 5.28. The Kier molecular flexibility index (Phi) is 4.83. The number of rotatable bonds is 4. The molecule has 1 aromatic rings. The highest BCUT2D eigenvalue weighted by Gasteiger charge is 2.32. The molecule has 19 heavy (non-hydrogen) atoms. The lowest BCUT2D eigenvalue weighted by atomic mass is 9.82. The van der Waals surface area contributed by atoms with E-state index >= 15 is 0 Å². The molecule has 0 aromatic heterocycles. The standard InChI is InChI=1S/C15H20ClNO2/c16-10-12-4-6-13(7-5-12)14(19)17-15(11-18)8-2-1-3-9-15/h4-7,18H,1-3,8-11H2,(H,17,19). The number of hydrogen-bond acceptors (Lipinski definition) is 2. The fourth-order valence-corrected chi connectivity index (χ4v) is 2.79. The van der Waals surface area contributed by atoms with Crippen molar-refractivity contribution >= 4 is 17.5 Å². The molecule has 0 aliphatic heterocycles. The first-order valence-electron chi connectivity index (χ1n) is 6.77. The van der Waals surface area contributed by atoms with Crippen LogP contribution in [0.25, 0.3) is 0 Å². The number of carbonyl (C=O) groups is 1. The average molecular weight is 282 g/mol. The molecule has 0 saturated heterocycles. The molecule has 0 radical (unpaired) electrons. The minimum absolute atomic E-state index is 0.0124. The highest BCUT2D eigenvalue weighted by molar-refractivity contribution is 6.17. The smallest absolute Gasteiger partial charge is 0.251 e. The van der Waals surface area contributed by atoms with Crippen LogP contribution in [0.2, 0.25) is 0 Å². The normalized spacial score (nSPS) is 18.0. The number of amides is 1. The van der Waals surface area contributed by atoms with Crippen LogP contribution >= 0.6 is 11.6 Å². The van der Waals surface area contributed by atoms with E-state index in [1.54, 1.807) is 12.1 Å². The molecule has 3 nitrogen and oxygen atoms in total. The summed E-state index contributed by atoms with van der Waals surface area (Å²) in [6.45, 7) is 0.0124. The van der Waals surface area contributed by atoms with Gasteiger partial charge in [0.2, 0.25) is 0 Å². The predicted molar refractivity (Wildman–Crippen MR) is 76.4 cm³/mol. The van der Waals surface area contributed by atoms with Gasteiger partial charge in [-0.2, -0.15) is 0 Å². The van der Waals surface area contributed by atoms with Crippen LogP contribution in [-0.4, -0.2) is 23.2 Å². The van der Waals surface area contributed by atoms with Gasteiger partial charge in [0.1, 0.15) is 0 Å². The van der Waals surface area contributed by atoms with Crippen molar-refractivity contribution in [2.45, 2.75) is 43.5 Å². The van der Waals surface area contributed by atoms with E-state index in [0.29, 0.717) is 11.4 Å². The van der Waals surface area contributed by atoms with Crippen molar-refractivity contribution in [3.05, 3.63) is 35.4 Å². The van der Waals surface area contributed by atoms with Gasteiger partial charge >= 0.3 is 0 Å². The Hall–Kier alpha value is -1.06. The number of alkyl halides is 1. The number of carbonyl (C=O) groups excluding carboxylic acids is 1. The Bertz CT molecular complexity index is 424. The summed E-state index contributed by atoms with van der Waals surface area (Å²) in [4.78, 5) is 12.2. The molecule has 1 fully saturated rings. The average Bonchev–Trinajstić information content (AvgIpc) is 2.48. The zero-order chi connectivity index (χ0) is 13.7. The van der Waals surface area contributed by atoms with Gasteiger partial charge < -0.3 is 10.4 Å². The fourth-order valence-electron chi connectivity index (χ4n) is 2.61. The first-order valence-corrected chi connectivity index (χ1v) is 7.31. The summed E-state index contributed by atoms with van der Waals surface area (Å²) in [7, 11) is 0. The number of hydrogen-bond donors (Lipinski definition) is 2. The summed E-state index contributed by atoms with van der Waals surface area (Å²) in [6, 6.07) is 7.27. The molecular weight excluding hydrogens is 262 g/mol. The molecule has 1 aromatic carbocycles. The van der Waals surface area contributed by atoms with Crippen molar-refractivity contribution in [2.24, 2.45) is 0 Å². The maximum Gasteiger partial charge on any atom is 0.251 e. The summed E-state index contributed by atoms with van der Waals surface area (Å²) in [6.07, 6.45) is 5.02. The van der Waals surface area contributed by atoms with Crippen molar-refractivity contribution < 1.29 is 9.90 Å². The van der Waals surface area contributed by atoms with Gasteiger partial charge in [0, 0.05) is 11.4 Å². The molecule has 0 spiro atoms. The monoisotopic (exact) mass is 281 g/mol. The van der Waals surface area contributed by atoms with E-state index in [1.807, 2.05) is 12.1 Å². The Morgan fingerprint density at radius 1 is 1.21 bits per heavy atom. The van der Waals surface area contributed by atoms with Crippen molar-refractivity contribution in [1.29, 1.82) is 0 Å². The summed E-state index contributed by atoms with van der Waals surface area (Å²) >= 11 is 5.73. The molecule has 104 valence electrons. The minimum atomic E-state index is -0.430. The van der Waals surface area contributed by atoms with E-state index < -0.39 is 5.54 Å². The van der Waals surface area contributed by atoms with Crippen LogP contribution in [-0.2, 0) is 5.88 Å². The molecule has 0 atom stereocenters. The Morgan fingerprint density at radius 2 is 1.84 bits per heavy atom. The molecule has 4 heteroatoms. The van der Waals surface area contributed by atoms with Crippen molar-refractivity contribution in [3.8, 4) is 0 Å². The number of nitrogens with one attached hydrogen (secondary N) is 1. The maximum absolute atomic E-state index is 12.2. The van der Waals surface area contributed by atoms with E-state index in [2.05, 4.69) is 5.32 Å². The zero-order valence-electron chi connectivity index (χ0n) is 11.0. The number of benzene rings is 1. The third kappa shape index (κ3) is 3.48. The predicted octanol–water partition coefficient (Wildman–Crippen LogP) is 2.85. The lowest BCUT2D eigenvalue weighted by Gasteiger charge is -2.36. The third-order valence-electron chi connectivity index (χ3n) is 3.86.